The molecule has 0 heterocycles. The van der Waals surface area contributed by atoms with Gasteiger partial charge in [0.25, 0.3) is 0 Å². The number of nitrogens with one attached hydrogen (secondary N) is 1. The molecule has 2 N–H and O–H groups in total. The van der Waals surface area contributed by atoms with Gasteiger partial charge in [0.1, 0.15) is 6.61 Å². The Kier molecular flexibility index (Phi) is 7.52. The molecule has 0 fully saturated rings. The van der Waals surface area contributed by atoms with Crippen molar-refractivity contribution in [1.82, 2.24) is 5.32 Å². The molecule has 0 saturated heterocycles. The zero-order chi connectivity index (χ0) is 15.7. The molecule has 0 saturated carbocycles. The Morgan fingerprint density at radius 3 is 2.52 bits per heavy atom. The van der Waals surface area contributed by atoms with E-state index in [0.29, 0.717) is 6.42 Å². The third-order valence-corrected chi connectivity index (χ3v) is 2.81. The lowest BCUT2D eigenvalue weighted by atomic mass is 10.1. The van der Waals surface area contributed by atoms with Gasteiger partial charge in [-0.1, -0.05) is 24.0 Å². The quantitative estimate of drug-likeness (QED) is 0.788. The zero-order valence-corrected chi connectivity index (χ0v) is 12.8. The van der Waals surface area contributed by atoms with E-state index in [9.17, 15) is 4.79 Å². The van der Waals surface area contributed by atoms with Crippen LogP contribution in [0.4, 0.5) is 0 Å². The van der Waals surface area contributed by atoms with Crippen LogP contribution in [0.1, 0.15) is 44.4 Å². The molecule has 0 aliphatic rings. The van der Waals surface area contributed by atoms with Crippen molar-refractivity contribution in [2.75, 3.05) is 13.2 Å². The molecule has 114 valence electrons. The van der Waals surface area contributed by atoms with Crippen LogP contribution in [0.2, 0.25) is 0 Å². The second-order valence-corrected chi connectivity index (χ2v) is 5.05. The van der Waals surface area contributed by atoms with E-state index in [1.54, 1.807) is 0 Å². The summed E-state index contributed by atoms with van der Waals surface area (Å²) in [6.45, 7) is 5.87. The fraction of sp³-hybridized carbons (Fsp3) is 0.471. The van der Waals surface area contributed by atoms with Crippen LogP contribution >= 0.6 is 0 Å². The van der Waals surface area contributed by atoms with E-state index in [1.165, 1.54) is 0 Å². The Balaban J connectivity index is 2.53. The molecular formula is C17H23NO3. The van der Waals surface area contributed by atoms with Crippen LogP contribution in [0.25, 0.3) is 0 Å². The van der Waals surface area contributed by atoms with E-state index < -0.39 is 0 Å². The van der Waals surface area contributed by atoms with Crippen LogP contribution in [-0.2, 0) is 9.53 Å². The minimum Gasteiger partial charge on any atom is -0.395 e. The van der Waals surface area contributed by atoms with Gasteiger partial charge in [-0.15, -0.1) is 0 Å². The number of hydrogen-bond donors (Lipinski definition) is 2. The van der Waals surface area contributed by atoms with Crippen molar-refractivity contribution in [3.8, 4) is 11.8 Å². The summed E-state index contributed by atoms with van der Waals surface area (Å²) >= 11 is 0. The van der Waals surface area contributed by atoms with Crippen LogP contribution in [0.15, 0.2) is 24.3 Å². The highest BCUT2D eigenvalue weighted by Crippen LogP contribution is 2.13. The van der Waals surface area contributed by atoms with Crippen LogP contribution in [0, 0.1) is 11.8 Å². The number of aliphatic hydroxyl groups is 1. The predicted octanol–water partition coefficient (Wildman–Crippen LogP) is 2.02. The molecular weight excluding hydrogens is 266 g/mol. The van der Waals surface area contributed by atoms with Crippen molar-refractivity contribution in [1.29, 1.82) is 0 Å². The highest BCUT2D eigenvalue weighted by molar-refractivity contribution is 5.77. The standard InChI is InChI=1S/C17H23NO3/c1-13(2)21-12-17(20)18-14(3)16-9-7-15(8-10-16)6-4-5-11-19/h7-10,13-14,19H,5,11-12H2,1-3H3,(H,18,20). The maximum atomic E-state index is 11.7. The van der Waals surface area contributed by atoms with E-state index in [4.69, 9.17) is 9.84 Å². The van der Waals surface area contributed by atoms with Crippen LogP contribution in [0.3, 0.4) is 0 Å². The Morgan fingerprint density at radius 1 is 1.29 bits per heavy atom. The van der Waals surface area contributed by atoms with Crippen molar-refractivity contribution in [2.45, 2.75) is 39.3 Å². The lowest BCUT2D eigenvalue weighted by molar-refractivity contribution is -0.127. The van der Waals surface area contributed by atoms with Crippen molar-refractivity contribution >= 4 is 5.91 Å². The van der Waals surface area contributed by atoms with Crippen LogP contribution < -0.4 is 5.32 Å². The van der Waals surface area contributed by atoms with Crippen LogP contribution in [-0.4, -0.2) is 30.3 Å². The molecule has 0 aliphatic carbocycles. The topological polar surface area (TPSA) is 58.6 Å². The smallest absolute Gasteiger partial charge is 0.246 e. The van der Waals surface area contributed by atoms with Gasteiger partial charge in [0, 0.05) is 12.0 Å². The molecule has 0 spiro atoms. The molecule has 0 aromatic heterocycles. The predicted molar refractivity (Wildman–Crippen MR) is 82.7 cm³/mol. The lowest BCUT2D eigenvalue weighted by Gasteiger charge is -2.15. The number of rotatable bonds is 6. The van der Waals surface area contributed by atoms with E-state index >= 15 is 0 Å². The number of carbonyl (C=O) groups excluding carboxylic acids is 1. The molecule has 1 rings (SSSR count). The number of amides is 1. The average Bonchev–Trinajstić information content (AvgIpc) is 2.46. The minimum atomic E-state index is -0.122. The summed E-state index contributed by atoms with van der Waals surface area (Å²) in [5, 5.41) is 11.6. The molecule has 0 aliphatic heterocycles. The lowest BCUT2D eigenvalue weighted by Crippen LogP contribution is -2.31. The maximum absolute atomic E-state index is 11.7. The van der Waals surface area contributed by atoms with Crippen molar-refractivity contribution in [2.24, 2.45) is 0 Å². The first kappa shape index (κ1) is 17.2. The van der Waals surface area contributed by atoms with E-state index in [0.717, 1.165) is 11.1 Å². The molecule has 21 heavy (non-hydrogen) atoms. The summed E-state index contributed by atoms with van der Waals surface area (Å²) in [5.41, 5.74) is 1.91. The average molecular weight is 289 g/mol. The second-order valence-electron chi connectivity index (χ2n) is 5.05. The normalized spacial score (nSPS) is 11.7. The molecule has 0 radical (unpaired) electrons. The first-order chi connectivity index (χ1) is 10.0. The molecule has 1 aromatic carbocycles. The van der Waals surface area contributed by atoms with Gasteiger partial charge in [-0.25, -0.2) is 0 Å². The fourth-order valence-corrected chi connectivity index (χ4v) is 1.68. The summed E-state index contributed by atoms with van der Waals surface area (Å²) in [7, 11) is 0. The molecule has 4 heteroatoms. The number of benzene rings is 1. The van der Waals surface area contributed by atoms with Gasteiger partial charge in [0.2, 0.25) is 5.91 Å². The number of hydrogen-bond acceptors (Lipinski definition) is 3. The summed E-state index contributed by atoms with van der Waals surface area (Å²) in [5.74, 6) is 5.72. The number of aliphatic hydroxyl groups excluding tert-OH is 1. The molecule has 1 aromatic rings. The first-order valence-electron chi connectivity index (χ1n) is 7.13. The number of carbonyl (C=O) groups is 1. The van der Waals surface area contributed by atoms with Crippen molar-refractivity contribution < 1.29 is 14.6 Å². The Labute approximate surface area is 126 Å². The number of ether oxygens (including phenoxy) is 1. The Morgan fingerprint density at radius 2 is 1.95 bits per heavy atom. The van der Waals surface area contributed by atoms with Crippen LogP contribution in [0.5, 0.6) is 0 Å². The summed E-state index contributed by atoms with van der Waals surface area (Å²) in [6, 6.07) is 7.63. The van der Waals surface area contributed by atoms with Gasteiger partial charge in [-0.2, -0.15) is 0 Å². The molecule has 1 amide bonds. The van der Waals surface area contributed by atoms with Crippen molar-refractivity contribution in [3.05, 3.63) is 35.4 Å². The van der Waals surface area contributed by atoms with E-state index in [1.807, 2.05) is 45.0 Å². The third-order valence-electron chi connectivity index (χ3n) is 2.81. The zero-order valence-electron chi connectivity index (χ0n) is 12.8. The van der Waals surface area contributed by atoms with Gasteiger partial charge in [0.05, 0.1) is 18.8 Å². The minimum absolute atomic E-state index is 0.0443. The molecule has 1 unspecified atom stereocenters. The summed E-state index contributed by atoms with van der Waals surface area (Å²) in [4.78, 5) is 11.7. The van der Waals surface area contributed by atoms with Gasteiger partial charge < -0.3 is 15.2 Å². The fourth-order valence-electron chi connectivity index (χ4n) is 1.68. The van der Waals surface area contributed by atoms with Gasteiger partial charge in [-0.3, -0.25) is 4.79 Å². The van der Waals surface area contributed by atoms with E-state index in [-0.39, 0.29) is 31.3 Å². The summed E-state index contributed by atoms with van der Waals surface area (Å²) in [6.07, 6.45) is 0.521. The maximum Gasteiger partial charge on any atom is 0.246 e. The largest absolute Gasteiger partial charge is 0.395 e. The second kappa shape index (κ2) is 9.17. The molecule has 4 nitrogen and oxygen atoms in total. The highest BCUT2D eigenvalue weighted by Gasteiger charge is 2.10. The summed E-state index contributed by atoms with van der Waals surface area (Å²) < 4.78 is 5.26. The monoisotopic (exact) mass is 289 g/mol. The van der Waals surface area contributed by atoms with Gasteiger partial charge in [-0.05, 0) is 38.5 Å². The van der Waals surface area contributed by atoms with Gasteiger partial charge in [0.15, 0.2) is 0 Å². The Bertz CT molecular complexity index is 497. The molecule has 1 atom stereocenters. The SMILES string of the molecule is CC(C)OCC(=O)NC(C)c1ccc(C#CCCO)cc1. The molecule has 0 bridgehead atoms. The first-order valence-corrected chi connectivity index (χ1v) is 7.13. The van der Waals surface area contributed by atoms with E-state index in [2.05, 4.69) is 17.2 Å². The third kappa shape index (κ3) is 6.94. The van der Waals surface area contributed by atoms with Crippen molar-refractivity contribution in [3.63, 3.8) is 0 Å². The highest BCUT2D eigenvalue weighted by atomic mass is 16.5. The Hall–Kier alpha value is -1.83. The van der Waals surface area contributed by atoms with Gasteiger partial charge >= 0.3 is 0 Å².